The number of piperidine rings is 1. The van der Waals surface area contributed by atoms with Gasteiger partial charge in [0.1, 0.15) is 5.75 Å². The van der Waals surface area contributed by atoms with Crippen LogP contribution in [0.15, 0.2) is 42.9 Å². The molecular weight excluding hydrogens is 368 g/mol. The number of likely N-dealkylation sites (tertiary alicyclic amines) is 1. The maximum atomic E-state index is 13.2. The van der Waals surface area contributed by atoms with Gasteiger partial charge in [0.25, 0.3) is 5.91 Å². The molecule has 1 fully saturated rings. The molecule has 2 N–H and O–H groups in total. The number of nitrogen functional groups attached to an aromatic ring is 1. The average molecular weight is 392 g/mol. The largest absolute Gasteiger partial charge is 0.497 e. The number of methoxy groups -OCH3 is 1. The summed E-state index contributed by atoms with van der Waals surface area (Å²) in [5.74, 6) is 0.903. The summed E-state index contributed by atoms with van der Waals surface area (Å²) in [6.07, 6.45) is 7.87. The van der Waals surface area contributed by atoms with Crippen molar-refractivity contribution in [3.8, 4) is 16.9 Å². The van der Waals surface area contributed by atoms with Crippen molar-refractivity contribution in [3.05, 3.63) is 54.1 Å². The van der Waals surface area contributed by atoms with Gasteiger partial charge in [0, 0.05) is 31.5 Å². The van der Waals surface area contributed by atoms with E-state index in [1.165, 1.54) is 0 Å². The number of ether oxygens (including phenoxy) is 1. The Balaban J connectivity index is 1.77. The Labute approximate surface area is 169 Å². The van der Waals surface area contributed by atoms with E-state index in [0.717, 1.165) is 41.8 Å². The summed E-state index contributed by atoms with van der Waals surface area (Å²) in [5, 5.41) is 4.14. The molecule has 0 radical (unpaired) electrons. The number of rotatable bonds is 4. The molecule has 1 unspecified atom stereocenters. The van der Waals surface area contributed by atoms with Crippen molar-refractivity contribution < 1.29 is 9.53 Å². The van der Waals surface area contributed by atoms with Gasteiger partial charge in [-0.05, 0) is 37.0 Å². The number of amides is 1. The number of hydrogen-bond donors (Lipinski definition) is 1. The van der Waals surface area contributed by atoms with Crippen LogP contribution in [-0.2, 0) is 7.05 Å². The van der Waals surface area contributed by atoms with Gasteiger partial charge >= 0.3 is 0 Å². The highest BCUT2D eigenvalue weighted by Gasteiger charge is 2.32. The van der Waals surface area contributed by atoms with Crippen molar-refractivity contribution in [1.29, 1.82) is 0 Å². The molecule has 3 aromatic rings. The number of benzene rings is 1. The van der Waals surface area contributed by atoms with Crippen LogP contribution in [0.3, 0.4) is 0 Å². The number of anilines is 1. The third kappa shape index (κ3) is 3.78. The third-order valence-electron chi connectivity index (χ3n) is 5.25. The summed E-state index contributed by atoms with van der Waals surface area (Å²) < 4.78 is 7.00. The first-order valence-electron chi connectivity index (χ1n) is 9.63. The minimum Gasteiger partial charge on any atom is -0.497 e. The van der Waals surface area contributed by atoms with Crippen LogP contribution in [0.1, 0.15) is 41.4 Å². The summed E-state index contributed by atoms with van der Waals surface area (Å²) in [7, 11) is 3.44. The number of carbonyl (C=O) groups is 1. The van der Waals surface area contributed by atoms with Crippen LogP contribution in [-0.4, -0.2) is 44.2 Å². The van der Waals surface area contributed by atoms with Gasteiger partial charge in [0.05, 0.1) is 30.6 Å². The van der Waals surface area contributed by atoms with E-state index >= 15 is 0 Å². The van der Waals surface area contributed by atoms with Gasteiger partial charge in [0.2, 0.25) is 5.95 Å². The Morgan fingerprint density at radius 3 is 2.90 bits per heavy atom. The second kappa shape index (κ2) is 7.90. The van der Waals surface area contributed by atoms with Gasteiger partial charge in [-0.1, -0.05) is 12.1 Å². The molecule has 4 rings (SSSR count). The first kappa shape index (κ1) is 18.9. The quantitative estimate of drug-likeness (QED) is 0.733. The van der Waals surface area contributed by atoms with Crippen LogP contribution in [0, 0.1) is 0 Å². The first-order valence-corrected chi connectivity index (χ1v) is 9.63. The van der Waals surface area contributed by atoms with Crippen molar-refractivity contribution in [2.75, 3.05) is 19.4 Å². The normalized spacial score (nSPS) is 16.6. The molecule has 0 spiro atoms. The Hall–Kier alpha value is -3.42. The fourth-order valence-corrected chi connectivity index (χ4v) is 3.83. The van der Waals surface area contributed by atoms with E-state index < -0.39 is 0 Å². The van der Waals surface area contributed by atoms with Gasteiger partial charge in [-0.2, -0.15) is 5.10 Å². The Morgan fingerprint density at radius 1 is 1.28 bits per heavy atom. The highest BCUT2D eigenvalue weighted by Crippen LogP contribution is 2.37. The highest BCUT2D eigenvalue weighted by atomic mass is 16.5. The predicted molar refractivity (Wildman–Crippen MR) is 109 cm³/mol. The molecule has 8 heteroatoms. The fourth-order valence-electron chi connectivity index (χ4n) is 3.83. The van der Waals surface area contributed by atoms with Gasteiger partial charge in [-0.3, -0.25) is 9.48 Å². The number of aryl methyl sites for hydroxylation is 1. The van der Waals surface area contributed by atoms with E-state index in [0.29, 0.717) is 12.1 Å². The van der Waals surface area contributed by atoms with E-state index in [9.17, 15) is 4.79 Å². The monoisotopic (exact) mass is 392 g/mol. The standard InChI is InChI=1S/C21H24N6O2/c1-26-13-15(11-24-26)20(28)27-9-4-3-8-18(27)19-17(12-23-21(22)25-19)14-6-5-7-16(10-14)29-2/h5-7,10-13,18H,3-4,8-9H2,1-2H3,(H2,22,23,25). The molecule has 0 saturated carbocycles. The van der Waals surface area contributed by atoms with Crippen LogP contribution in [0.5, 0.6) is 5.75 Å². The highest BCUT2D eigenvalue weighted by molar-refractivity contribution is 5.94. The van der Waals surface area contributed by atoms with Crippen molar-refractivity contribution in [1.82, 2.24) is 24.6 Å². The fraction of sp³-hybridized carbons (Fsp3) is 0.333. The van der Waals surface area contributed by atoms with Gasteiger partial charge in [0.15, 0.2) is 0 Å². The second-order valence-corrected chi connectivity index (χ2v) is 7.17. The van der Waals surface area contributed by atoms with Crippen LogP contribution >= 0.6 is 0 Å². The molecule has 1 saturated heterocycles. The molecular formula is C21H24N6O2. The van der Waals surface area contributed by atoms with Crippen molar-refractivity contribution in [3.63, 3.8) is 0 Å². The lowest BCUT2D eigenvalue weighted by atomic mass is 9.93. The summed E-state index contributed by atoms with van der Waals surface area (Å²) >= 11 is 0. The molecule has 1 atom stereocenters. The molecule has 29 heavy (non-hydrogen) atoms. The second-order valence-electron chi connectivity index (χ2n) is 7.17. The average Bonchev–Trinajstić information content (AvgIpc) is 3.19. The van der Waals surface area contributed by atoms with Crippen LogP contribution in [0.25, 0.3) is 11.1 Å². The molecule has 8 nitrogen and oxygen atoms in total. The zero-order valence-electron chi connectivity index (χ0n) is 16.6. The van der Waals surface area contributed by atoms with Crippen LogP contribution < -0.4 is 10.5 Å². The zero-order chi connectivity index (χ0) is 20.4. The number of carbonyl (C=O) groups excluding carboxylic acids is 1. The predicted octanol–water partition coefficient (Wildman–Crippen LogP) is 2.84. The summed E-state index contributed by atoms with van der Waals surface area (Å²) in [5.41, 5.74) is 9.07. The molecule has 1 amide bonds. The number of nitrogens with two attached hydrogens (primary N) is 1. The van der Waals surface area contributed by atoms with E-state index in [-0.39, 0.29) is 17.9 Å². The molecule has 150 valence electrons. The van der Waals surface area contributed by atoms with Gasteiger partial charge in [-0.25, -0.2) is 9.97 Å². The van der Waals surface area contributed by atoms with Crippen LogP contribution in [0.4, 0.5) is 5.95 Å². The van der Waals surface area contributed by atoms with Crippen molar-refractivity contribution in [2.24, 2.45) is 7.05 Å². The molecule has 0 bridgehead atoms. The number of hydrogen-bond acceptors (Lipinski definition) is 6. The number of aromatic nitrogens is 4. The first-order chi connectivity index (χ1) is 14.1. The van der Waals surface area contributed by atoms with E-state index in [2.05, 4.69) is 15.1 Å². The Kier molecular flexibility index (Phi) is 5.16. The minimum atomic E-state index is -0.178. The zero-order valence-corrected chi connectivity index (χ0v) is 16.6. The van der Waals surface area contributed by atoms with Gasteiger partial charge in [-0.15, -0.1) is 0 Å². The van der Waals surface area contributed by atoms with Crippen molar-refractivity contribution in [2.45, 2.75) is 25.3 Å². The van der Waals surface area contributed by atoms with Gasteiger partial charge < -0.3 is 15.4 Å². The lowest BCUT2D eigenvalue weighted by Gasteiger charge is -2.36. The lowest BCUT2D eigenvalue weighted by Crippen LogP contribution is -2.39. The Morgan fingerprint density at radius 2 is 2.14 bits per heavy atom. The van der Waals surface area contributed by atoms with Crippen molar-refractivity contribution >= 4 is 11.9 Å². The smallest absolute Gasteiger partial charge is 0.257 e. The molecule has 2 aromatic heterocycles. The molecule has 1 aromatic carbocycles. The minimum absolute atomic E-state index is 0.0448. The maximum Gasteiger partial charge on any atom is 0.257 e. The third-order valence-corrected chi connectivity index (χ3v) is 5.25. The Bertz CT molecular complexity index is 1030. The summed E-state index contributed by atoms with van der Waals surface area (Å²) in [4.78, 5) is 23.9. The number of nitrogens with zero attached hydrogens (tertiary/aromatic N) is 5. The summed E-state index contributed by atoms with van der Waals surface area (Å²) in [6, 6.07) is 7.56. The molecule has 1 aliphatic rings. The van der Waals surface area contributed by atoms with E-state index in [4.69, 9.17) is 10.5 Å². The van der Waals surface area contributed by atoms with E-state index in [1.54, 1.807) is 37.4 Å². The maximum absolute atomic E-state index is 13.2. The molecule has 3 heterocycles. The van der Waals surface area contributed by atoms with Crippen LogP contribution in [0.2, 0.25) is 0 Å². The summed E-state index contributed by atoms with van der Waals surface area (Å²) in [6.45, 7) is 0.667. The molecule has 1 aliphatic heterocycles. The lowest BCUT2D eigenvalue weighted by molar-refractivity contribution is 0.0606. The SMILES string of the molecule is COc1cccc(-c2cnc(N)nc2C2CCCCN2C(=O)c2cnn(C)c2)c1. The topological polar surface area (TPSA) is 99.2 Å². The molecule has 0 aliphatic carbocycles. The van der Waals surface area contributed by atoms with E-state index in [1.807, 2.05) is 29.2 Å².